The van der Waals surface area contributed by atoms with Crippen LogP contribution in [-0.2, 0) is 9.53 Å². The first-order valence-electron chi connectivity index (χ1n) is 5.58. The number of aromatic carboxylic acids is 1. The van der Waals surface area contributed by atoms with Gasteiger partial charge in [-0.1, -0.05) is 0 Å². The highest BCUT2D eigenvalue weighted by Gasteiger charge is 2.10. The maximum atomic E-state index is 11.8. The highest BCUT2D eigenvalue weighted by Crippen LogP contribution is 2.23. The Morgan fingerprint density at radius 3 is 2.70 bits per heavy atom. The molecule has 1 rings (SSSR count). The molecule has 8 heteroatoms. The molecule has 0 aromatic heterocycles. The van der Waals surface area contributed by atoms with Crippen LogP contribution >= 0.6 is 15.9 Å². The van der Waals surface area contributed by atoms with Gasteiger partial charge in [-0.2, -0.15) is 0 Å². The highest BCUT2D eigenvalue weighted by molar-refractivity contribution is 9.10. The van der Waals surface area contributed by atoms with Gasteiger partial charge >= 0.3 is 5.97 Å². The van der Waals surface area contributed by atoms with Crippen LogP contribution in [0.2, 0.25) is 0 Å². The van der Waals surface area contributed by atoms with Crippen molar-refractivity contribution in [2.24, 2.45) is 0 Å². The summed E-state index contributed by atoms with van der Waals surface area (Å²) in [6, 6.07) is 4.17. The fraction of sp³-hybridized carbons (Fsp3) is 0.333. The fourth-order valence-electron chi connectivity index (χ4n) is 1.30. The summed E-state index contributed by atoms with van der Waals surface area (Å²) in [5, 5.41) is 11.3. The lowest BCUT2D eigenvalue weighted by molar-refractivity contribution is -0.117. The summed E-state index contributed by atoms with van der Waals surface area (Å²) in [5.41, 5.74) is 0.321. The lowest BCUT2D eigenvalue weighted by Gasteiger charge is -2.08. The third kappa shape index (κ3) is 5.62. The van der Waals surface area contributed by atoms with Gasteiger partial charge in [0.05, 0.1) is 24.3 Å². The van der Waals surface area contributed by atoms with E-state index in [0.29, 0.717) is 10.2 Å². The van der Waals surface area contributed by atoms with Gasteiger partial charge in [0, 0.05) is 4.47 Å². The zero-order valence-corrected chi connectivity index (χ0v) is 11.8. The number of carbonyl (C=O) groups is 2. The molecule has 0 unspecified atom stereocenters. The molecule has 0 radical (unpaired) electrons. The first kappa shape index (κ1) is 16.5. The van der Waals surface area contributed by atoms with Crippen molar-refractivity contribution in [1.29, 1.82) is 0 Å². The summed E-state index contributed by atoms with van der Waals surface area (Å²) in [6.07, 6.45) is -2.67. The standard InChI is InChI=1S/C12H12BrF2NO4/c13-8-2-1-7(12(18)19)5-9(8)16-11(17)3-4-20-6-10(14)15/h1-2,5,10H,3-4,6H2,(H,16,17)(H,18,19). The summed E-state index contributed by atoms with van der Waals surface area (Å²) >= 11 is 3.17. The average Bonchev–Trinajstić information content (AvgIpc) is 2.37. The van der Waals surface area contributed by atoms with Crippen LogP contribution in [0, 0.1) is 0 Å². The number of rotatable bonds is 7. The molecule has 5 nitrogen and oxygen atoms in total. The molecule has 1 aromatic rings. The van der Waals surface area contributed by atoms with Crippen LogP contribution in [0.25, 0.3) is 0 Å². The molecule has 1 amide bonds. The van der Waals surface area contributed by atoms with Crippen LogP contribution < -0.4 is 5.32 Å². The van der Waals surface area contributed by atoms with Gasteiger partial charge < -0.3 is 15.2 Å². The van der Waals surface area contributed by atoms with E-state index in [2.05, 4.69) is 26.0 Å². The van der Waals surface area contributed by atoms with Gasteiger partial charge in [-0.05, 0) is 34.1 Å². The summed E-state index contributed by atoms with van der Waals surface area (Å²) < 4.78 is 28.7. The van der Waals surface area contributed by atoms with E-state index in [1.165, 1.54) is 18.2 Å². The number of nitrogens with one attached hydrogen (secondary N) is 1. The second-order valence-electron chi connectivity index (χ2n) is 3.76. The molecule has 0 atom stereocenters. The lowest BCUT2D eigenvalue weighted by Crippen LogP contribution is -2.16. The first-order valence-corrected chi connectivity index (χ1v) is 6.38. The SMILES string of the molecule is O=C(CCOCC(F)F)Nc1cc(C(=O)O)ccc1Br. The third-order valence-electron chi connectivity index (χ3n) is 2.20. The van der Waals surface area contributed by atoms with Gasteiger partial charge in [0.25, 0.3) is 6.43 Å². The van der Waals surface area contributed by atoms with E-state index < -0.39 is 24.9 Å². The number of halogens is 3. The molecule has 1 aromatic carbocycles. The molecule has 0 fully saturated rings. The van der Waals surface area contributed by atoms with Gasteiger partial charge in [-0.3, -0.25) is 4.79 Å². The maximum Gasteiger partial charge on any atom is 0.335 e. The number of carboxylic acids is 1. The molecule has 20 heavy (non-hydrogen) atoms. The van der Waals surface area contributed by atoms with Crippen molar-refractivity contribution in [3.63, 3.8) is 0 Å². The Morgan fingerprint density at radius 2 is 2.10 bits per heavy atom. The third-order valence-corrected chi connectivity index (χ3v) is 2.90. The molecule has 0 aliphatic carbocycles. The first-order chi connectivity index (χ1) is 9.40. The van der Waals surface area contributed by atoms with Gasteiger partial charge in [0.1, 0.15) is 6.61 Å². The second kappa shape index (κ2) is 7.91. The second-order valence-corrected chi connectivity index (χ2v) is 4.62. The molecular weight excluding hydrogens is 340 g/mol. The number of ether oxygens (including phenoxy) is 1. The Hall–Kier alpha value is -1.54. The molecule has 110 valence electrons. The molecule has 0 saturated heterocycles. The number of hydrogen-bond donors (Lipinski definition) is 2. The largest absolute Gasteiger partial charge is 0.478 e. The topological polar surface area (TPSA) is 75.6 Å². The van der Waals surface area contributed by atoms with E-state index in [1.54, 1.807) is 0 Å². The number of hydrogen-bond acceptors (Lipinski definition) is 3. The Labute approximate surface area is 122 Å². The number of anilines is 1. The molecule has 0 aliphatic rings. The van der Waals surface area contributed by atoms with E-state index in [0.717, 1.165) is 0 Å². The molecule has 0 heterocycles. The summed E-state index contributed by atoms with van der Waals surface area (Å²) in [5.74, 6) is -1.57. The monoisotopic (exact) mass is 351 g/mol. The van der Waals surface area contributed by atoms with Gasteiger partial charge in [-0.25, -0.2) is 13.6 Å². The Balaban J connectivity index is 2.53. The zero-order valence-electron chi connectivity index (χ0n) is 10.2. The van der Waals surface area contributed by atoms with Crippen LogP contribution in [0.3, 0.4) is 0 Å². The molecule has 0 saturated carbocycles. The lowest BCUT2D eigenvalue weighted by atomic mass is 10.2. The highest BCUT2D eigenvalue weighted by atomic mass is 79.9. The van der Waals surface area contributed by atoms with Crippen molar-refractivity contribution in [3.8, 4) is 0 Å². The average molecular weight is 352 g/mol. The van der Waals surface area contributed by atoms with Crippen molar-refractivity contribution in [3.05, 3.63) is 28.2 Å². The summed E-state index contributed by atoms with van der Waals surface area (Å²) in [6.45, 7) is -0.849. The molecule has 0 aliphatic heterocycles. The van der Waals surface area contributed by atoms with Gasteiger partial charge in [0.2, 0.25) is 5.91 Å². The minimum absolute atomic E-state index is 0.0254. The number of amides is 1. The van der Waals surface area contributed by atoms with E-state index in [9.17, 15) is 18.4 Å². The molecular formula is C12H12BrF2NO4. The Bertz CT molecular complexity index is 496. The summed E-state index contributed by atoms with van der Waals surface area (Å²) in [7, 11) is 0. The van der Waals surface area contributed by atoms with E-state index in [-0.39, 0.29) is 18.6 Å². The van der Waals surface area contributed by atoms with E-state index in [4.69, 9.17) is 5.11 Å². The number of carbonyl (C=O) groups excluding carboxylic acids is 1. The van der Waals surface area contributed by atoms with Crippen LogP contribution in [0.1, 0.15) is 16.8 Å². The smallest absolute Gasteiger partial charge is 0.335 e. The van der Waals surface area contributed by atoms with Crippen LogP contribution in [0.5, 0.6) is 0 Å². The van der Waals surface area contributed by atoms with Crippen molar-refractivity contribution in [2.45, 2.75) is 12.8 Å². The number of carboxylic acid groups (broad SMARTS) is 1. The summed E-state index contributed by atoms with van der Waals surface area (Å²) in [4.78, 5) is 22.3. The van der Waals surface area contributed by atoms with E-state index >= 15 is 0 Å². The van der Waals surface area contributed by atoms with Crippen LogP contribution in [0.15, 0.2) is 22.7 Å². The fourth-order valence-corrected chi connectivity index (χ4v) is 1.65. The molecule has 0 spiro atoms. The van der Waals surface area contributed by atoms with Gasteiger partial charge in [-0.15, -0.1) is 0 Å². The minimum atomic E-state index is -2.57. The quantitative estimate of drug-likeness (QED) is 0.740. The van der Waals surface area contributed by atoms with Crippen molar-refractivity contribution in [2.75, 3.05) is 18.5 Å². The maximum absolute atomic E-state index is 11.8. The molecule has 2 N–H and O–H groups in total. The van der Waals surface area contributed by atoms with Crippen LogP contribution in [-0.4, -0.2) is 36.6 Å². The number of benzene rings is 1. The van der Waals surface area contributed by atoms with Crippen molar-refractivity contribution in [1.82, 2.24) is 0 Å². The van der Waals surface area contributed by atoms with Crippen molar-refractivity contribution >= 4 is 33.5 Å². The molecule has 0 bridgehead atoms. The Morgan fingerprint density at radius 1 is 1.40 bits per heavy atom. The Kier molecular flexibility index (Phi) is 6.53. The number of alkyl halides is 2. The predicted octanol–water partition coefficient (Wildman–Crippen LogP) is 2.76. The van der Waals surface area contributed by atoms with Crippen LogP contribution in [0.4, 0.5) is 14.5 Å². The normalized spacial score (nSPS) is 10.6. The van der Waals surface area contributed by atoms with Gasteiger partial charge in [0.15, 0.2) is 0 Å². The minimum Gasteiger partial charge on any atom is -0.478 e. The zero-order chi connectivity index (χ0) is 15.1. The van der Waals surface area contributed by atoms with Crippen molar-refractivity contribution < 1.29 is 28.2 Å². The predicted molar refractivity (Wildman–Crippen MR) is 71.2 cm³/mol. The van der Waals surface area contributed by atoms with E-state index in [1.807, 2.05) is 0 Å².